The second-order valence-corrected chi connectivity index (χ2v) is 4.60. The van der Waals surface area contributed by atoms with E-state index in [1.165, 1.54) is 4.88 Å². The van der Waals surface area contributed by atoms with Crippen molar-refractivity contribution in [3.8, 4) is 0 Å². The highest BCUT2D eigenvalue weighted by atomic mass is 32.1. The molecule has 0 spiro atoms. The van der Waals surface area contributed by atoms with E-state index in [2.05, 4.69) is 29.2 Å². The SMILES string of the molecule is CCNCc1cnc(N(C)CCOCC)s1. The molecule has 0 saturated carbocycles. The van der Waals surface area contributed by atoms with Crippen molar-refractivity contribution in [1.29, 1.82) is 0 Å². The van der Waals surface area contributed by atoms with Gasteiger partial charge in [-0.25, -0.2) is 4.98 Å². The molecule has 0 aliphatic carbocycles. The first-order chi connectivity index (χ1) is 7.77. The van der Waals surface area contributed by atoms with Crippen molar-refractivity contribution in [2.45, 2.75) is 20.4 Å². The summed E-state index contributed by atoms with van der Waals surface area (Å²) in [6, 6.07) is 0. The number of rotatable bonds is 8. The van der Waals surface area contributed by atoms with Gasteiger partial charge in [-0.3, -0.25) is 0 Å². The Bertz CT molecular complexity index is 291. The van der Waals surface area contributed by atoms with Crippen LogP contribution in [-0.4, -0.2) is 38.3 Å². The highest BCUT2D eigenvalue weighted by Gasteiger charge is 2.06. The predicted molar refractivity (Wildman–Crippen MR) is 69.3 cm³/mol. The zero-order valence-electron chi connectivity index (χ0n) is 10.3. The van der Waals surface area contributed by atoms with Crippen LogP contribution >= 0.6 is 11.3 Å². The lowest BCUT2D eigenvalue weighted by molar-refractivity contribution is 0.154. The van der Waals surface area contributed by atoms with Gasteiger partial charge in [-0.05, 0) is 13.5 Å². The Morgan fingerprint density at radius 1 is 1.50 bits per heavy atom. The van der Waals surface area contributed by atoms with E-state index < -0.39 is 0 Å². The van der Waals surface area contributed by atoms with Gasteiger partial charge in [-0.1, -0.05) is 6.92 Å². The molecule has 1 N–H and O–H groups in total. The molecule has 0 fully saturated rings. The van der Waals surface area contributed by atoms with Crippen molar-refractivity contribution in [2.75, 3.05) is 38.3 Å². The van der Waals surface area contributed by atoms with Gasteiger partial charge in [0, 0.05) is 37.8 Å². The van der Waals surface area contributed by atoms with Gasteiger partial charge < -0.3 is 15.0 Å². The number of hydrogen-bond donors (Lipinski definition) is 1. The molecule has 0 aliphatic heterocycles. The number of aromatic nitrogens is 1. The molecule has 4 nitrogen and oxygen atoms in total. The van der Waals surface area contributed by atoms with Gasteiger partial charge in [0.15, 0.2) is 5.13 Å². The standard InChI is InChI=1S/C11H21N3OS/c1-4-12-8-10-9-13-11(16-10)14(3)6-7-15-5-2/h9,12H,4-8H2,1-3H3. The first kappa shape index (κ1) is 13.4. The first-order valence-electron chi connectivity index (χ1n) is 5.72. The zero-order valence-corrected chi connectivity index (χ0v) is 11.1. The molecule has 1 aromatic rings. The normalized spacial score (nSPS) is 10.7. The second kappa shape index (κ2) is 7.60. The third kappa shape index (κ3) is 4.47. The van der Waals surface area contributed by atoms with Crippen LogP contribution in [0, 0.1) is 0 Å². The van der Waals surface area contributed by atoms with Gasteiger partial charge in [-0.15, -0.1) is 11.3 Å². The fraction of sp³-hybridized carbons (Fsp3) is 0.727. The summed E-state index contributed by atoms with van der Waals surface area (Å²) in [5.41, 5.74) is 0. The minimum absolute atomic E-state index is 0.759. The van der Waals surface area contributed by atoms with Crippen LogP contribution in [0.25, 0.3) is 0 Å². The molecule has 0 aromatic carbocycles. The summed E-state index contributed by atoms with van der Waals surface area (Å²) < 4.78 is 5.32. The van der Waals surface area contributed by atoms with Crippen LogP contribution in [-0.2, 0) is 11.3 Å². The largest absolute Gasteiger partial charge is 0.380 e. The van der Waals surface area contributed by atoms with Crippen LogP contribution in [0.15, 0.2) is 6.20 Å². The molecule has 0 unspecified atom stereocenters. The molecule has 0 atom stereocenters. The van der Waals surface area contributed by atoms with Crippen molar-refractivity contribution in [3.05, 3.63) is 11.1 Å². The number of thiazole rings is 1. The first-order valence-corrected chi connectivity index (χ1v) is 6.53. The Kier molecular flexibility index (Phi) is 6.37. The Morgan fingerprint density at radius 3 is 3.00 bits per heavy atom. The molecule has 0 saturated heterocycles. The van der Waals surface area contributed by atoms with Crippen molar-refractivity contribution >= 4 is 16.5 Å². The maximum absolute atomic E-state index is 5.32. The topological polar surface area (TPSA) is 37.4 Å². The second-order valence-electron chi connectivity index (χ2n) is 3.51. The lowest BCUT2D eigenvalue weighted by Gasteiger charge is -2.14. The molecule has 0 radical (unpaired) electrons. The van der Waals surface area contributed by atoms with E-state index in [-0.39, 0.29) is 0 Å². The van der Waals surface area contributed by atoms with Crippen LogP contribution < -0.4 is 10.2 Å². The molecule has 0 amide bonds. The number of likely N-dealkylation sites (N-methyl/N-ethyl adjacent to an activating group) is 1. The molecule has 5 heteroatoms. The average molecular weight is 243 g/mol. The van der Waals surface area contributed by atoms with Crippen LogP contribution in [0.5, 0.6) is 0 Å². The highest BCUT2D eigenvalue weighted by Crippen LogP contribution is 2.20. The van der Waals surface area contributed by atoms with Crippen molar-refractivity contribution in [2.24, 2.45) is 0 Å². The molecule has 1 rings (SSSR count). The Hall–Kier alpha value is -0.650. The fourth-order valence-electron chi connectivity index (χ4n) is 1.25. The number of ether oxygens (including phenoxy) is 1. The summed E-state index contributed by atoms with van der Waals surface area (Å²) in [7, 11) is 2.05. The maximum Gasteiger partial charge on any atom is 0.185 e. The Balaban J connectivity index is 2.37. The monoisotopic (exact) mass is 243 g/mol. The predicted octanol–water partition coefficient (Wildman–Crippen LogP) is 1.73. The Morgan fingerprint density at radius 2 is 2.31 bits per heavy atom. The molecular formula is C11H21N3OS. The van der Waals surface area contributed by atoms with E-state index in [0.29, 0.717) is 0 Å². The summed E-state index contributed by atoms with van der Waals surface area (Å²) in [4.78, 5) is 7.81. The van der Waals surface area contributed by atoms with Gasteiger partial charge in [0.25, 0.3) is 0 Å². The summed E-state index contributed by atoms with van der Waals surface area (Å²) in [5.74, 6) is 0. The van der Waals surface area contributed by atoms with Crippen LogP contribution in [0.1, 0.15) is 18.7 Å². The van der Waals surface area contributed by atoms with Crippen LogP contribution in [0.2, 0.25) is 0 Å². The van der Waals surface area contributed by atoms with E-state index in [1.807, 2.05) is 13.1 Å². The summed E-state index contributed by atoms with van der Waals surface area (Å²) in [6.07, 6.45) is 1.94. The minimum Gasteiger partial charge on any atom is -0.380 e. The molecular weight excluding hydrogens is 222 g/mol. The molecule has 1 heterocycles. The van der Waals surface area contributed by atoms with Crippen LogP contribution in [0.4, 0.5) is 5.13 Å². The molecule has 0 aliphatic rings. The third-order valence-corrected chi connectivity index (χ3v) is 3.30. The highest BCUT2D eigenvalue weighted by molar-refractivity contribution is 7.15. The van der Waals surface area contributed by atoms with E-state index in [9.17, 15) is 0 Å². The summed E-state index contributed by atoms with van der Waals surface area (Å²) >= 11 is 1.74. The van der Waals surface area contributed by atoms with E-state index in [0.717, 1.165) is 38.0 Å². The molecule has 92 valence electrons. The Labute approximate surface area is 102 Å². The van der Waals surface area contributed by atoms with Gasteiger partial charge >= 0.3 is 0 Å². The minimum atomic E-state index is 0.759. The lowest BCUT2D eigenvalue weighted by atomic mass is 10.5. The van der Waals surface area contributed by atoms with E-state index >= 15 is 0 Å². The number of nitrogens with zero attached hydrogens (tertiary/aromatic N) is 2. The zero-order chi connectivity index (χ0) is 11.8. The van der Waals surface area contributed by atoms with Crippen LogP contribution in [0.3, 0.4) is 0 Å². The fourth-order valence-corrected chi connectivity index (χ4v) is 2.11. The lowest BCUT2D eigenvalue weighted by Crippen LogP contribution is -2.22. The number of anilines is 1. The molecule has 16 heavy (non-hydrogen) atoms. The van der Waals surface area contributed by atoms with Gasteiger partial charge in [0.05, 0.1) is 6.61 Å². The average Bonchev–Trinajstić information content (AvgIpc) is 2.75. The van der Waals surface area contributed by atoms with Gasteiger partial charge in [0.1, 0.15) is 0 Å². The molecule has 1 aromatic heterocycles. The smallest absolute Gasteiger partial charge is 0.185 e. The maximum atomic E-state index is 5.32. The third-order valence-electron chi connectivity index (χ3n) is 2.19. The van der Waals surface area contributed by atoms with Crippen molar-refractivity contribution in [3.63, 3.8) is 0 Å². The van der Waals surface area contributed by atoms with Gasteiger partial charge in [0.2, 0.25) is 0 Å². The van der Waals surface area contributed by atoms with E-state index in [1.54, 1.807) is 11.3 Å². The summed E-state index contributed by atoms with van der Waals surface area (Å²) in [5, 5.41) is 4.36. The number of nitrogens with one attached hydrogen (secondary N) is 1. The van der Waals surface area contributed by atoms with Crippen molar-refractivity contribution in [1.82, 2.24) is 10.3 Å². The van der Waals surface area contributed by atoms with Gasteiger partial charge in [-0.2, -0.15) is 0 Å². The quantitative estimate of drug-likeness (QED) is 0.706. The number of hydrogen-bond acceptors (Lipinski definition) is 5. The van der Waals surface area contributed by atoms with Crippen molar-refractivity contribution < 1.29 is 4.74 Å². The summed E-state index contributed by atoms with van der Waals surface area (Å²) in [6.45, 7) is 8.45. The molecule has 0 bridgehead atoms. The van der Waals surface area contributed by atoms with E-state index in [4.69, 9.17) is 4.74 Å².